The predicted octanol–water partition coefficient (Wildman–Crippen LogP) is 1.16. The van der Waals surface area contributed by atoms with Crippen LogP contribution in [0.15, 0.2) is 29.2 Å². The van der Waals surface area contributed by atoms with Gasteiger partial charge in [-0.05, 0) is 25.0 Å². The lowest BCUT2D eigenvalue weighted by atomic mass is 10.2. The Morgan fingerprint density at radius 2 is 2.00 bits per heavy atom. The largest absolute Gasteiger partial charge is 0.348 e. The van der Waals surface area contributed by atoms with Crippen LogP contribution < -0.4 is 5.32 Å². The maximum Gasteiger partial charge on any atom is 0.272 e. The van der Waals surface area contributed by atoms with Crippen molar-refractivity contribution in [3.63, 3.8) is 0 Å². The molecule has 1 N–H and O–H groups in total. The van der Waals surface area contributed by atoms with Crippen molar-refractivity contribution in [3.05, 3.63) is 47.0 Å². The number of hydrogen-bond donors (Lipinski definition) is 1. The SMILES string of the molecule is Cn1nc(C(=O)NC2CC2)c2c1CN(S(=O)(=O)c1ccccc1F)C2. The lowest BCUT2D eigenvalue weighted by molar-refractivity contribution is 0.0944. The van der Waals surface area contributed by atoms with Gasteiger partial charge in [-0.2, -0.15) is 9.40 Å². The van der Waals surface area contributed by atoms with Crippen molar-refractivity contribution in [2.75, 3.05) is 0 Å². The molecule has 25 heavy (non-hydrogen) atoms. The summed E-state index contributed by atoms with van der Waals surface area (Å²) < 4.78 is 42.2. The lowest BCUT2D eigenvalue weighted by Gasteiger charge is -2.16. The molecule has 132 valence electrons. The molecule has 1 amide bonds. The number of carbonyl (C=O) groups excluding carboxylic acids is 1. The Balaban J connectivity index is 1.65. The zero-order chi connectivity index (χ0) is 17.8. The zero-order valence-corrected chi connectivity index (χ0v) is 14.4. The fraction of sp³-hybridized carbons (Fsp3) is 0.375. The number of benzene rings is 1. The molecule has 1 aliphatic carbocycles. The Kier molecular flexibility index (Phi) is 3.66. The van der Waals surface area contributed by atoms with Crippen LogP contribution in [-0.4, -0.2) is 34.5 Å². The summed E-state index contributed by atoms with van der Waals surface area (Å²) in [5, 5.41) is 7.09. The zero-order valence-electron chi connectivity index (χ0n) is 13.6. The van der Waals surface area contributed by atoms with E-state index in [1.165, 1.54) is 27.2 Å². The Morgan fingerprint density at radius 3 is 2.68 bits per heavy atom. The molecule has 2 heterocycles. The maximum atomic E-state index is 13.9. The van der Waals surface area contributed by atoms with Gasteiger partial charge in [0.15, 0.2) is 5.69 Å². The van der Waals surface area contributed by atoms with Gasteiger partial charge in [0.05, 0.1) is 12.2 Å². The van der Waals surface area contributed by atoms with Crippen LogP contribution in [0.1, 0.15) is 34.6 Å². The molecule has 1 fully saturated rings. The number of halogens is 1. The van der Waals surface area contributed by atoms with Gasteiger partial charge in [0.25, 0.3) is 5.91 Å². The van der Waals surface area contributed by atoms with Crippen molar-refractivity contribution in [1.82, 2.24) is 19.4 Å². The first kappa shape index (κ1) is 16.2. The number of fused-ring (bicyclic) bond motifs is 1. The molecule has 1 aromatic carbocycles. The second-order valence-corrected chi connectivity index (χ2v) is 8.26. The predicted molar refractivity (Wildman–Crippen MR) is 86.5 cm³/mol. The Bertz CT molecular complexity index is 966. The van der Waals surface area contributed by atoms with Crippen LogP contribution in [0, 0.1) is 5.82 Å². The fourth-order valence-corrected chi connectivity index (χ4v) is 4.43. The first-order valence-electron chi connectivity index (χ1n) is 7.98. The minimum atomic E-state index is -3.99. The van der Waals surface area contributed by atoms with Gasteiger partial charge in [0, 0.05) is 25.2 Å². The standard InChI is InChI=1S/C16H17FN4O3S/c1-20-13-9-21(25(23,24)14-5-3-2-4-12(14)17)8-11(13)15(19-20)16(22)18-10-6-7-10/h2-5,10H,6-9H2,1H3,(H,18,22). The van der Waals surface area contributed by atoms with Gasteiger partial charge in [0.1, 0.15) is 10.7 Å². The molecule has 2 aliphatic rings. The summed E-state index contributed by atoms with van der Waals surface area (Å²) >= 11 is 0. The van der Waals surface area contributed by atoms with Crippen molar-refractivity contribution in [2.24, 2.45) is 7.05 Å². The number of aryl methyl sites for hydroxylation is 1. The van der Waals surface area contributed by atoms with Gasteiger partial charge < -0.3 is 5.32 Å². The maximum absolute atomic E-state index is 13.9. The van der Waals surface area contributed by atoms with Crippen molar-refractivity contribution < 1.29 is 17.6 Å². The van der Waals surface area contributed by atoms with Crippen LogP contribution in [0.4, 0.5) is 4.39 Å². The Labute approximate surface area is 144 Å². The molecule has 2 aromatic rings. The quantitative estimate of drug-likeness (QED) is 0.882. The second-order valence-electron chi connectivity index (χ2n) is 6.35. The van der Waals surface area contributed by atoms with Gasteiger partial charge in [-0.15, -0.1) is 0 Å². The number of carbonyl (C=O) groups is 1. The molecule has 1 aromatic heterocycles. The Hall–Kier alpha value is -2.26. The van der Waals surface area contributed by atoms with E-state index in [9.17, 15) is 17.6 Å². The third kappa shape index (κ3) is 2.73. The number of rotatable bonds is 4. The molecule has 9 heteroatoms. The van der Waals surface area contributed by atoms with Crippen LogP contribution >= 0.6 is 0 Å². The van der Waals surface area contributed by atoms with Gasteiger partial charge in [-0.3, -0.25) is 9.48 Å². The molecule has 4 rings (SSSR count). The highest BCUT2D eigenvalue weighted by Gasteiger charge is 2.38. The van der Waals surface area contributed by atoms with E-state index in [0.29, 0.717) is 11.3 Å². The summed E-state index contributed by atoms with van der Waals surface area (Å²) in [5.74, 6) is -1.08. The highest BCUT2D eigenvalue weighted by molar-refractivity contribution is 7.89. The van der Waals surface area contributed by atoms with Crippen molar-refractivity contribution in [3.8, 4) is 0 Å². The van der Waals surface area contributed by atoms with Crippen molar-refractivity contribution >= 4 is 15.9 Å². The third-order valence-electron chi connectivity index (χ3n) is 4.52. The molecular formula is C16H17FN4O3S. The van der Waals surface area contributed by atoms with E-state index >= 15 is 0 Å². The highest BCUT2D eigenvalue weighted by Crippen LogP contribution is 2.31. The number of hydrogen-bond acceptors (Lipinski definition) is 4. The first-order chi connectivity index (χ1) is 11.9. The summed E-state index contributed by atoms with van der Waals surface area (Å²) in [6.07, 6.45) is 1.91. The molecule has 0 radical (unpaired) electrons. The summed E-state index contributed by atoms with van der Waals surface area (Å²) in [6, 6.07) is 5.47. The van der Waals surface area contributed by atoms with Crippen molar-refractivity contribution in [2.45, 2.75) is 36.9 Å². The van der Waals surface area contributed by atoms with Crippen molar-refractivity contribution in [1.29, 1.82) is 0 Å². The molecule has 1 saturated carbocycles. The summed E-state index contributed by atoms with van der Waals surface area (Å²) in [4.78, 5) is 12.0. The van der Waals surface area contributed by atoms with Crippen LogP contribution in [-0.2, 0) is 30.2 Å². The average molecular weight is 364 g/mol. The van der Waals surface area contributed by atoms with Gasteiger partial charge >= 0.3 is 0 Å². The number of amides is 1. The van der Waals surface area contributed by atoms with E-state index in [4.69, 9.17) is 0 Å². The van der Waals surface area contributed by atoms with E-state index in [1.54, 1.807) is 7.05 Å². The van der Waals surface area contributed by atoms with Gasteiger partial charge in [0.2, 0.25) is 10.0 Å². The third-order valence-corrected chi connectivity index (χ3v) is 6.34. The number of sulfonamides is 1. The topological polar surface area (TPSA) is 84.3 Å². The average Bonchev–Trinajstić information content (AvgIpc) is 3.16. The molecule has 1 aliphatic heterocycles. The van der Waals surface area contributed by atoms with Gasteiger partial charge in [-0.25, -0.2) is 12.8 Å². The molecule has 0 saturated heterocycles. The smallest absolute Gasteiger partial charge is 0.272 e. The highest BCUT2D eigenvalue weighted by atomic mass is 32.2. The van der Waals surface area contributed by atoms with Crippen LogP contribution in [0.2, 0.25) is 0 Å². The molecule has 0 atom stereocenters. The number of nitrogens with one attached hydrogen (secondary N) is 1. The van der Waals surface area contributed by atoms with E-state index < -0.39 is 15.8 Å². The minimum Gasteiger partial charge on any atom is -0.348 e. The minimum absolute atomic E-state index is 0.00720. The van der Waals surface area contributed by atoms with Crippen LogP contribution in [0.25, 0.3) is 0 Å². The van der Waals surface area contributed by atoms with Crippen LogP contribution in [0.3, 0.4) is 0 Å². The summed E-state index contributed by atoms with van der Waals surface area (Å²) in [5.41, 5.74) is 1.48. The monoisotopic (exact) mass is 364 g/mol. The van der Waals surface area contributed by atoms with E-state index in [2.05, 4.69) is 10.4 Å². The normalized spacial score (nSPS) is 17.5. The fourth-order valence-electron chi connectivity index (χ4n) is 2.99. The van der Waals surface area contributed by atoms with E-state index in [1.807, 2.05) is 0 Å². The molecule has 0 bridgehead atoms. The summed E-state index contributed by atoms with van der Waals surface area (Å²) in [7, 11) is -2.32. The summed E-state index contributed by atoms with van der Waals surface area (Å²) in [6.45, 7) is 0.0689. The van der Waals surface area contributed by atoms with Gasteiger partial charge in [-0.1, -0.05) is 12.1 Å². The number of aromatic nitrogens is 2. The van der Waals surface area contributed by atoms with E-state index in [-0.39, 0.29) is 35.6 Å². The molecule has 0 unspecified atom stereocenters. The molecule has 7 nitrogen and oxygen atoms in total. The lowest BCUT2D eigenvalue weighted by Crippen LogP contribution is -2.29. The van der Waals surface area contributed by atoms with Crippen LogP contribution in [0.5, 0.6) is 0 Å². The first-order valence-corrected chi connectivity index (χ1v) is 9.42. The number of nitrogens with zero attached hydrogens (tertiary/aromatic N) is 3. The molecule has 0 spiro atoms. The molecular weight excluding hydrogens is 347 g/mol. The van der Waals surface area contributed by atoms with E-state index in [0.717, 1.165) is 18.9 Å². The second kappa shape index (κ2) is 5.63. The Morgan fingerprint density at radius 1 is 1.28 bits per heavy atom.